The molecule has 0 radical (unpaired) electrons. The molecule has 3 aromatic heterocycles. The highest BCUT2D eigenvalue weighted by molar-refractivity contribution is 5.70. The molecule has 3 heterocycles. The molecule has 0 unspecified atom stereocenters. The van der Waals surface area contributed by atoms with E-state index in [9.17, 15) is 9.59 Å². The van der Waals surface area contributed by atoms with Gasteiger partial charge in [0.1, 0.15) is 0 Å². The number of benzene rings is 1. The largest absolute Gasteiger partial charge is 0.335 e. The van der Waals surface area contributed by atoms with Crippen LogP contribution in [0.2, 0.25) is 0 Å². The van der Waals surface area contributed by atoms with Crippen molar-refractivity contribution in [1.82, 2.24) is 19.3 Å². The van der Waals surface area contributed by atoms with Crippen LogP contribution in [-0.4, -0.2) is 25.3 Å². The highest BCUT2D eigenvalue weighted by atomic mass is 16.7. The van der Waals surface area contributed by atoms with Gasteiger partial charge in [-0.05, 0) is 37.1 Å². The summed E-state index contributed by atoms with van der Waals surface area (Å²) in [5, 5.41) is 4.42. The van der Waals surface area contributed by atoms with Gasteiger partial charge >= 0.3 is 5.97 Å². The fraction of sp³-hybridized carbons (Fsp3) is 0.182. The molecular formula is C22H20N4O3. The number of hydrogen-bond donors (Lipinski definition) is 0. The molecule has 0 amide bonds. The van der Waals surface area contributed by atoms with Gasteiger partial charge in [0, 0.05) is 42.9 Å². The molecule has 4 aromatic rings. The average Bonchev–Trinajstić information content (AvgIpc) is 3.03. The fourth-order valence-corrected chi connectivity index (χ4v) is 3.41. The Balaban J connectivity index is 2.03. The van der Waals surface area contributed by atoms with Gasteiger partial charge in [0.15, 0.2) is 5.65 Å². The maximum absolute atomic E-state index is 12.8. The second kappa shape index (κ2) is 7.35. The lowest BCUT2D eigenvalue weighted by atomic mass is 10.0. The molecule has 0 fully saturated rings. The lowest BCUT2D eigenvalue weighted by Gasteiger charge is -2.15. The fourth-order valence-electron chi connectivity index (χ4n) is 3.41. The van der Waals surface area contributed by atoms with Gasteiger partial charge in [0.05, 0.1) is 11.4 Å². The third-order valence-corrected chi connectivity index (χ3v) is 4.86. The summed E-state index contributed by atoms with van der Waals surface area (Å²) in [5.41, 5.74) is 5.11. The minimum Gasteiger partial charge on any atom is -0.335 e. The number of hydrogen-bond acceptors (Lipinski definition) is 5. The number of nitrogens with zero attached hydrogens (tertiary/aromatic N) is 4. The van der Waals surface area contributed by atoms with Crippen LogP contribution in [0.5, 0.6) is 0 Å². The van der Waals surface area contributed by atoms with E-state index in [0.29, 0.717) is 29.0 Å². The van der Waals surface area contributed by atoms with E-state index in [1.54, 1.807) is 24.5 Å². The summed E-state index contributed by atoms with van der Waals surface area (Å²) in [6.45, 7) is 5.22. The number of aromatic nitrogens is 4. The first-order chi connectivity index (χ1) is 14.0. The maximum atomic E-state index is 12.8. The molecular weight excluding hydrogens is 368 g/mol. The van der Waals surface area contributed by atoms with Gasteiger partial charge < -0.3 is 4.84 Å². The van der Waals surface area contributed by atoms with E-state index in [2.05, 4.69) is 10.1 Å². The topological polar surface area (TPSA) is 78.5 Å². The highest BCUT2D eigenvalue weighted by Crippen LogP contribution is 2.24. The monoisotopic (exact) mass is 388 g/mol. The van der Waals surface area contributed by atoms with Gasteiger partial charge in [-0.3, -0.25) is 9.78 Å². The van der Waals surface area contributed by atoms with E-state index in [1.165, 1.54) is 22.2 Å². The molecule has 0 aliphatic carbocycles. The number of carbonyl (C=O) groups is 1. The Morgan fingerprint density at radius 2 is 1.83 bits per heavy atom. The van der Waals surface area contributed by atoms with Crippen molar-refractivity contribution >= 4 is 11.6 Å². The summed E-state index contributed by atoms with van der Waals surface area (Å²) in [4.78, 5) is 34.3. The number of fused-ring (bicyclic) bond motifs is 1. The first-order valence-corrected chi connectivity index (χ1v) is 9.24. The quantitative estimate of drug-likeness (QED) is 0.537. The Morgan fingerprint density at radius 3 is 2.52 bits per heavy atom. The molecule has 0 atom stereocenters. The van der Waals surface area contributed by atoms with Crippen LogP contribution in [0.4, 0.5) is 0 Å². The van der Waals surface area contributed by atoms with Crippen molar-refractivity contribution in [3.05, 3.63) is 87.6 Å². The molecule has 7 heteroatoms. The Kier molecular flexibility index (Phi) is 4.72. The Morgan fingerprint density at radius 1 is 1.10 bits per heavy atom. The van der Waals surface area contributed by atoms with Gasteiger partial charge in [-0.2, -0.15) is 14.3 Å². The van der Waals surface area contributed by atoms with Gasteiger partial charge in [-0.15, -0.1) is 0 Å². The average molecular weight is 388 g/mol. The van der Waals surface area contributed by atoms with E-state index in [0.717, 1.165) is 16.7 Å². The highest BCUT2D eigenvalue weighted by Gasteiger charge is 2.21. The van der Waals surface area contributed by atoms with Crippen molar-refractivity contribution in [2.75, 3.05) is 0 Å². The van der Waals surface area contributed by atoms with Gasteiger partial charge in [-0.25, -0.2) is 4.79 Å². The van der Waals surface area contributed by atoms with Crippen LogP contribution in [0.15, 0.2) is 59.7 Å². The molecule has 0 aliphatic heterocycles. The Bertz CT molecular complexity index is 1270. The lowest BCUT2D eigenvalue weighted by molar-refractivity contribution is -0.140. The molecule has 7 nitrogen and oxygen atoms in total. The van der Waals surface area contributed by atoms with E-state index in [-0.39, 0.29) is 5.56 Å². The molecule has 29 heavy (non-hydrogen) atoms. The second-order valence-corrected chi connectivity index (χ2v) is 6.88. The molecule has 0 spiro atoms. The molecule has 1 aromatic carbocycles. The van der Waals surface area contributed by atoms with E-state index in [4.69, 9.17) is 4.84 Å². The minimum absolute atomic E-state index is 0.297. The second-order valence-electron chi connectivity index (χ2n) is 6.88. The van der Waals surface area contributed by atoms with Crippen molar-refractivity contribution in [1.29, 1.82) is 0 Å². The molecule has 0 saturated carbocycles. The van der Waals surface area contributed by atoms with E-state index in [1.807, 2.05) is 38.1 Å². The van der Waals surface area contributed by atoms with Crippen LogP contribution in [0.25, 0.3) is 16.9 Å². The zero-order chi connectivity index (χ0) is 20.5. The minimum atomic E-state index is -0.494. The summed E-state index contributed by atoms with van der Waals surface area (Å²) >= 11 is 0. The van der Waals surface area contributed by atoms with Crippen molar-refractivity contribution in [3.8, 4) is 11.3 Å². The van der Waals surface area contributed by atoms with Crippen molar-refractivity contribution in [2.24, 2.45) is 0 Å². The van der Waals surface area contributed by atoms with Crippen LogP contribution >= 0.6 is 0 Å². The molecule has 146 valence electrons. The van der Waals surface area contributed by atoms with Crippen LogP contribution in [0.3, 0.4) is 0 Å². The van der Waals surface area contributed by atoms with Crippen LogP contribution in [0.1, 0.15) is 29.3 Å². The van der Waals surface area contributed by atoms with Crippen molar-refractivity contribution in [2.45, 2.75) is 27.2 Å². The molecule has 0 saturated heterocycles. The predicted octanol–water partition coefficient (Wildman–Crippen LogP) is 2.74. The van der Waals surface area contributed by atoms with E-state index < -0.39 is 5.97 Å². The van der Waals surface area contributed by atoms with Gasteiger partial charge in [0.25, 0.3) is 5.56 Å². The summed E-state index contributed by atoms with van der Waals surface area (Å²) in [6, 6.07) is 13.0. The van der Waals surface area contributed by atoms with E-state index >= 15 is 0 Å². The SMILES string of the molecule is CC(=O)On1c(-c2ccncc2)cc(=O)n2nc(C)c(Cc3ccccc3C)c12. The maximum Gasteiger partial charge on any atom is 0.329 e. The smallest absolute Gasteiger partial charge is 0.329 e. The first kappa shape index (κ1) is 18.6. The predicted molar refractivity (Wildman–Crippen MR) is 109 cm³/mol. The summed E-state index contributed by atoms with van der Waals surface area (Å²) in [5.74, 6) is -0.494. The summed E-state index contributed by atoms with van der Waals surface area (Å²) in [7, 11) is 0. The van der Waals surface area contributed by atoms with Crippen molar-refractivity contribution < 1.29 is 9.63 Å². The van der Waals surface area contributed by atoms with Crippen LogP contribution < -0.4 is 10.4 Å². The van der Waals surface area contributed by atoms with Crippen LogP contribution in [0, 0.1) is 13.8 Å². The lowest BCUT2D eigenvalue weighted by Crippen LogP contribution is -2.26. The van der Waals surface area contributed by atoms with Gasteiger partial charge in [0.2, 0.25) is 0 Å². The zero-order valence-corrected chi connectivity index (χ0v) is 16.4. The third-order valence-electron chi connectivity index (χ3n) is 4.86. The molecule has 0 bridgehead atoms. The standard InChI is InChI=1S/C22H20N4O3/c1-14-6-4-5-7-18(14)12-19-15(2)24-25-21(28)13-20(17-8-10-23-11-9-17)26(22(19)25)29-16(3)27/h4-11,13H,12H2,1-3H3. The zero-order valence-electron chi connectivity index (χ0n) is 16.4. The first-order valence-electron chi connectivity index (χ1n) is 9.24. The molecule has 4 rings (SSSR count). The number of pyridine rings is 1. The molecule has 0 aliphatic rings. The Hall–Kier alpha value is -3.74. The van der Waals surface area contributed by atoms with Gasteiger partial charge in [-0.1, -0.05) is 24.3 Å². The third kappa shape index (κ3) is 3.42. The summed E-state index contributed by atoms with van der Waals surface area (Å²) in [6.07, 6.45) is 3.80. The number of aryl methyl sites for hydroxylation is 2. The normalized spacial score (nSPS) is 11.0. The Labute approximate surface area is 167 Å². The molecule has 0 N–H and O–H groups in total. The van der Waals surface area contributed by atoms with Crippen molar-refractivity contribution in [3.63, 3.8) is 0 Å². The number of carbonyl (C=O) groups excluding carboxylic acids is 1. The van der Waals surface area contributed by atoms with Crippen LogP contribution in [-0.2, 0) is 11.2 Å². The summed E-state index contributed by atoms with van der Waals surface area (Å²) < 4.78 is 2.68. The number of rotatable bonds is 4.